The molecule has 1 rings (SSSR count). The second-order valence-corrected chi connectivity index (χ2v) is 3.98. The second kappa shape index (κ2) is 7.10. The average molecular weight is 217 g/mol. The van der Waals surface area contributed by atoms with Gasteiger partial charge in [0, 0.05) is 12.2 Å². The van der Waals surface area contributed by atoms with E-state index in [-0.39, 0.29) is 0 Å². The molecule has 1 N–H and O–H groups in total. The van der Waals surface area contributed by atoms with Crippen molar-refractivity contribution in [3.05, 3.63) is 47.2 Å². The van der Waals surface area contributed by atoms with Crippen molar-refractivity contribution in [2.24, 2.45) is 0 Å². The first-order valence-electron chi connectivity index (χ1n) is 6.30. The maximum atomic E-state index is 3.57. The molecule has 1 nitrogen and oxygen atoms in total. The molecule has 0 aliphatic carbocycles. The molecule has 0 atom stereocenters. The number of allylic oxidation sites excluding steroid dienone is 2. The third-order valence-corrected chi connectivity index (χ3v) is 2.98. The molecule has 1 aromatic rings. The summed E-state index contributed by atoms with van der Waals surface area (Å²) in [6.45, 7) is 7.63. The van der Waals surface area contributed by atoms with Crippen molar-refractivity contribution in [1.29, 1.82) is 0 Å². The molecule has 0 saturated carbocycles. The van der Waals surface area contributed by atoms with Crippen LogP contribution in [0, 0.1) is 0 Å². The van der Waals surface area contributed by atoms with Crippen LogP contribution in [-0.4, -0.2) is 0 Å². The molecule has 0 spiro atoms. The largest absolute Gasteiger partial charge is 0.384 e. The number of rotatable bonds is 6. The summed E-state index contributed by atoms with van der Waals surface area (Å²) in [6.07, 6.45) is 3.41. The summed E-state index contributed by atoms with van der Waals surface area (Å²) in [5.74, 6) is 0. The summed E-state index contributed by atoms with van der Waals surface area (Å²) in [5.41, 5.74) is 4.33. The Kier molecular flexibility index (Phi) is 5.69. The number of hydrogen-bond donors (Lipinski definition) is 1. The molecule has 1 heteroatoms. The molecule has 0 radical (unpaired) electrons. The van der Waals surface area contributed by atoms with Crippen LogP contribution in [0.15, 0.2) is 41.6 Å². The van der Waals surface area contributed by atoms with E-state index in [0.29, 0.717) is 0 Å². The molecular formula is C15H23N. The van der Waals surface area contributed by atoms with Gasteiger partial charge in [0.25, 0.3) is 0 Å². The summed E-state index contributed by atoms with van der Waals surface area (Å²) in [7, 11) is 0. The second-order valence-electron chi connectivity index (χ2n) is 3.98. The Balaban J connectivity index is 2.62. The highest BCUT2D eigenvalue weighted by Gasteiger charge is 2.01. The Labute approximate surface area is 99.6 Å². The van der Waals surface area contributed by atoms with Gasteiger partial charge in [-0.25, -0.2) is 0 Å². The van der Waals surface area contributed by atoms with Crippen LogP contribution in [0.1, 0.15) is 45.6 Å². The molecule has 0 bridgehead atoms. The summed E-state index contributed by atoms with van der Waals surface area (Å²) >= 11 is 0. The van der Waals surface area contributed by atoms with Crippen LogP contribution < -0.4 is 5.32 Å². The third kappa shape index (κ3) is 3.73. The highest BCUT2D eigenvalue weighted by atomic mass is 14.9. The Morgan fingerprint density at radius 1 is 0.938 bits per heavy atom. The maximum Gasteiger partial charge on any atom is 0.0397 e. The lowest BCUT2D eigenvalue weighted by atomic mass is 10.1. The minimum absolute atomic E-state index is 0.938. The van der Waals surface area contributed by atoms with Crippen LogP contribution >= 0.6 is 0 Å². The van der Waals surface area contributed by atoms with Gasteiger partial charge in [-0.2, -0.15) is 0 Å². The molecule has 0 aliphatic rings. The fourth-order valence-electron chi connectivity index (χ4n) is 1.98. The number of benzene rings is 1. The molecule has 1 aromatic carbocycles. The van der Waals surface area contributed by atoms with E-state index in [2.05, 4.69) is 56.4 Å². The topological polar surface area (TPSA) is 12.0 Å². The van der Waals surface area contributed by atoms with E-state index in [9.17, 15) is 0 Å². The predicted molar refractivity (Wildman–Crippen MR) is 71.2 cm³/mol. The van der Waals surface area contributed by atoms with Crippen LogP contribution in [-0.2, 0) is 6.54 Å². The van der Waals surface area contributed by atoms with Gasteiger partial charge in [0.2, 0.25) is 0 Å². The Morgan fingerprint density at radius 3 is 2.06 bits per heavy atom. The highest BCUT2D eigenvalue weighted by molar-refractivity contribution is 5.17. The molecule has 0 aromatic heterocycles. The predicted octanol–water partition coefficient (Wildman–Crippen LogP) is 4.26. The van der Waals surface area contributed by atoms with Crippen LogP contribution in [0.25, 0.3) is 0 Å². The molecule has 0 saturated heterocycles. The van der Waals surface area contributed by atoms with E-state index in [1.54, 1.807) is 5.57 Å². The van der Waals surface area contributed by atoms with Crippen LogP contribution in [0.5, 0.6) is 0 Å². The Morgan fingerprint density at radius 2 is 1.56 bits per heavy atom. The molecule has 0 aliphatic heterocycles. The number of hydrogen-bond acceptors (Lipinski definition) is 1. The van der Waals surface area contributed by atoms with Crippen molar-refractivity contribution in [3.63, 3.8) is 0 Å². The Hall–Kier alpha value is -1.24. The van der Waals surface area contributed by atoms with E-state index >= 15 is 0 Å². The smallest absolute Gasteiger partial charge is 0.0397 e. The van der Waals surface area contributed by atoms with Crippen molar-refractivity contribution >= 4 is 0 Å². The van der Waals surface area contributed by atoms with Gasteiger partial charge in [0.1, 0.15) is 0 Å². The molecule has 0 fully saturated rings. The van der Waals surface area contributed by atoms with E-state index in [1.165, 1.54) is 11.3 Å². The fraction of sp³-hybridized carbons (Fsp3) is 0.467. The van der Waals surface area contributed by atoms with Gasteiger partial charge >= 0.3 is 0 Å². The first-order chi connectivity index (χ1) is 7.81. The molecule has 0 heterocycles. The van der Waals surface area contributed by atoms with Gasteiger partial charge in [-0.15, -0.1) is 0 Å². The minimum atomic E-state index is 0.938. The molecular weight excluding hydrogens is 194 g/mol. The summed E-state index contributed by atoms with van der Waals surface area (Å²) in [5, 5.41) is 3.57. The quantitative estimate of drug-likeness (QED) is 0.750. The molecule has 88 valence electrons. The third-order valence-electron chi connectivity index (χ3n) is 2.98. The van der Waals surface area contributed by atoms with Gasteiger partial charge in [-0.1, -0.05) is 56.7 Å². The van der Waals surface area contributed by atoms with Gasteiger partial charge in [-0.3, -0.25) is 0 Å². The van der Waals surface area contributed by atoms with Crippen molar-refractivity contribution in [1.82, 2.24) is 5.32 Å². The lowest BCUT2D eigenvalue weighted by Gasteiger charge is -2.14. The van der Waals surface area contributed by atoms with Gasteiger partial charge < -0.3 is 5.32 Å². The van der Waals surface area contributed by atoms with Gasteiger partial charge in [0.15, 0.2) is 0 Å². The van der Waals surface area contributed by atoms with Crippen LogP contribution in [0.3, 0.4) is 0 Å². The first-order valence-corrected chi connectivity index (χ1v) is 6.30. The standard InChI is InChI=1S/C15H23N/c1-4-14(5-2)15(6-3)16-12-13-10-8-7-9-11-13/h7-11,16H,4-6,12H2,1-3H3. The van der Waals surface area contributed by atoms with E-state index in [0.717, 1.165) is 25.8 Å². The van der Waals surface area contributed by atoms with E-state index in [4.69, 9.17) is 0 Å². The molecule has 0 amide bonds. The minimum Gasteiger partial charge on any atom is -0.384 e. The van der Waals surface area contributed by atoms with Crippen LogP contribution in [0.2, 0.25) is 0 Å². The summed E-state index contributed by atoms with van der Waals surface area (Å²) in [4.78, 5) is 0. The zero-order valence-electron chi connectivity index (χ0n) is 10.7. The molecule has 16 heavy (non-hydrogen) atoms. The normalized spacial score (nSPS) is 9.94. The monoisotopic (exact) mass is 217 g/mol. The Bertz CT molecular complexity index is 319. The van der Waals surface area contributed by atoms with E-state index < -0.39 is 0 Å². The van der Waals surface area contributed by atoms with Crippen LogP contribution in [0.4, 0.5) is 0 Å². The average Bonchev–Trinajstić information content (AvgIpc) is 2.35. The van der Waals surface area contributed by atoms with Crippen molar-refractivity contribution in [2.45, 2.75) is 46.6 Å². The fourth-order valence-corrected chi connectivity index (χ4v) is 1.98. The van der Waals surface area contributed by atoms with Gasteiger partial charge in [-0.05, 0) is 24.8 Å². The zero-order valence-corrected chi connectivity index (χ0v) is 10.7. The summed E-state index contributed by atoms with van der Waals surface area (Å²) < 4.78 is 0. The number of nitrogens with one attached hydrogen (secondary N) is 1. The maximum absolute atomic E-state index is 3.57. The lowest BCUT2D eigenvalue weighted by molar-refractivity contribution is 0.736. The van der Waals surface area contributed by atoms with Gasteiger partial charge in [0.05, 0.1) is 0 Å². The lowest BCUT2D eigenvalue weighted by Crippen LogP contribution is -2.14. The van der Waals surface area contributed by atoms with Crippen molar-refractivity contribution in [2.75, 3.05) is 0 Å². The molecule has 0 unspecified atom stereocenters. The SMILES string of the molecule is CCC(CC)=C(CC)NCc1ccccc1. The first kappa shape index (κ1) is 12.8. The van der Waals surface area contributed by atoms with Crippen molar-refractivity contribution < 1.29 is 0 Å². The highest BCUT2D eigenvalue weighted by Crippen LogP contribution is 2.14. The zero-order chi connectivity index (χ0) is 11.8. The summed E-state index contributed by atoms with van der Waals surface area (Å²) in [6, 6.07) is 10.6. The van der Waals surface area contributed by atoms with Crippen molar-refractivity contribution in [3.8, 4) is 0 Å². The van der Waals surface area contributed by atoms with E-state index in [1.807, 2.05) is 0 Å².